The van der Waals surface area contributed by atoms with Crippen LogP contribution in [-0.2, 0) is 0 Å². The van der Waals surface area contributed by atoms with Crippen LogP contribution in [-0.4, -0.2) is 0 Å². The van der Waals surface area contributed by atoms with Gasteiger partial charge in [-0.3, -0.25) is 0 Å². The molecule has 0 aromatic heterocycles. The normalized spacial score (nSPS) is 13.6. The van der Waals surface area contributed by atoms with E-state index in [0.717, 1.165) is 12.1 Å². The molecule has 0 bridgehead atoms. The van der Waals surface area contributed by atoms with Crippen molar-refractivity contribution in [3.8, 4) is 0 Å². The molecule has 1 aromatic rings. The summed E-state index contributed by atoms with van der Waals surface area (Å²) in [5.41, 5.74) is 9.07. The van der Waals surface area contributed by atoms with Crippen LogP contribution in [0.3, 0.4) is 0 Å². The third-order valence-corrected chi connectivity index (χ3v) is 2.57. The summed E-state index contributed by atoms with van der Waals surface area (Å²) in [6.07, 6.45) is 5.18. The van der Waals surface area contributed by atoms with Gasteiger partial charge in [-0.25, -0.2) is 0 Å². The van der Waals surface area contributed by atoms with Crippen molar-refractivity contribution in [3.63, 3.8) is 0 Å². The molecule has 1 unspecified atom stereocenters. The van der Waals surface area contributed by atoms with Crippen molar-refractivity contribution < 1.29 is 0 Å². The van der Waals surface area contributed by atoms with Gasteiger partial charge >= 0.3 is 0 Å². The molecule has 1 aromatic carbocycles. The first-order valence-electron chi connectivity index (χ1n) is 5.31. The predicted octanol–water partition coefficient (Wildman–Crippen LogP) is 3.88. The molecule has 0 saturated heterocycles. The zero-order valence-electron chi connectivity index (χ0n) is 9.53. The lowest BCUT2D eigenvalue weighted by atomic mass is 9.95. The van der Waals surface area contributed by atoms with Gasteiger partial charge < -0.3 is 5.73 Å². The Morgan fingerprint density at radius 2 is 2.00 bits per heavy atom. The number of hydrogen-bond donors (Lipinski definition) is 1. The second-order valence-electron chi connectivity index (χ2n) is 3.85. The Morgan fingerprint density at radius 1 is 1.40 bits per heavy atom. The fourth-order valence-electron chi connectivity index (χ4n) is 1.53. The van der Waals surface area contributed by atoms with Crippen molar-refractivity contribution in [2.24, 2.45) is 5.92 Å². The van der Waals surface area contributed by atoms with E-state index in [2.05, 4.69) is 38.6 Å². The zero-order valence-corrected chi connectivity index (χ0v) is 9.53. The van der Waals surface area contributed by atoms with Crippen molar-refractivity contribution in [2.45, 2.75) is 20.3 Å². The third-order valence-electron chi connectivity index (χ3n) is 2.57. The van der Waals surface area contributed by atoms with Gasteiger partial charge in [-0.05, 0) is 42.5 Å². The molecule has 0 aliphatic carbocycles. The Balaban J connectivity index is 2.84. The largest absolute Gasteiger partial charge is 0.399 e. The van der Waals surface area contributed by atoms with Gasteiger partial charge in [0.2, 0.25) is 0 Å². The fraction of sp³-hybridized carbons (Fsp3) is 0.286. The molecule has 0 fully saturated rings. The van der Waals surface area contributed by atoms with E-state index in [1.165, 1.54) is 11.1 Å². The van der Waals surface area contributed by atoms with Crippen LogP contribution in [0.15, 0.2) is 43.0 Å². The number of allylic oxidation sites excluding steroid dienone is 3. The Morgan fingerprint density at radius 3 is 2.47 bits per heavy atom. The van der Waals surface area contributed by atoms with Crippen LogP contribution in [0.25, 0.3) is 5.57 Å². The van der Waals surface area contributed by atoms with E-state index in [-0.39, 0.29) is 0 Å². The van der Waals surface area contributed by atoms with Crippen LogP contribution in [0.5, 0.6) is 0 Å². The first kappa shape index (κ1) is 11.6. The van der Waals surface area contributed by atoms with Crippen LogP contribution >= 0.6 is 0 Å². The van der Waals surface area contributed by atoms with E-state index >= 15 is 0 Å². The summed E-state index contributed by atoms with van der Waals surface area (Å²) in [5, 5.41) is 0. The van der Waals surface area contributed by atoms with Crippen molar-refractivity contribution in [1.29, 1.82) is 0 Å². The summed E-state index contributed by atoms with van der Waals surface area (Å²) < 4.78 is 0. The Kier molecular flexibility index (Phi) is 4.17. The number of nitrogens with two attached hydrogens (primary N) is 1. The van der Waals surface area contributed by atoms with Gasteiger partial charge in [-0.1, -0.05) is 31.2 Å². The SMILES string of the molecule is C=CC(C)C/C(=C\C)c1ccc(N)cc1. The lowest BCUT2D eigenvalue weighted by molar-refractivity contribution is 0.757. The molecule has 0 amide bonds. The summed E-state index contributed by atoms with van der Waals surface area (Å²) in [5.74, 6) is 0.508. The van der Waals surface area contributed by atoms with Crippen molar-refractivity contribution >= 4 is 11.3 Å². The van der Waals surface area contributed by atoms with E-state index in [9.17, 15) is 0 Å². The number of rotatable bonds is 4. The first-order valence-corrected chi connectivity index (χ1v) is 5.31. The van der Waals surface area contributed by atoms with Crippen LogP contribution < -0.4 is 5.73 Å². The van der Waals surface area contributed by atoms with Gasteiger partial charge in [0.05, 0.1) is 0 Å². The highest BCUT2D eigenvalue weighted by Crippen LogP contribution is 2.23. The molecule has 1 atom stereocenters. The smallest absolute Gasteiger partial charge is 0.0314 e. The number of benzene rings is 1. The Hall–Kier alpha value is -1.50. The molecule has 0 heterocycles. The first-order chi connectivity index (χ1) is 7.17. The number of anilines is 1. The Bertz CT molecular complexity index is 346. The van der Waals surface area contributed by atoms with Gasteiger partial charge in [-0.2, -0.15) is 0 Å². The number of nitrogen functional groups attached to an aromatic ring is 1. The molecule has 1 nitrogen and oxygen atoms in total. The molecular weight excluding hydrogens is 182 g/mol. The van der Waals surface area contributed by atoms with Gasteiger partial charge in [0.15, 0.2) is 0 Å². The maximum atomic E-state index is 5.66. The van der Waals surface area contributed by atoms with Crippen molar-refractivity contribution in [2.75, 3.05) is 5.73 Å². The second kappa shape index (κ2) is 5.40. The fourth-order valence-corrected chi connectivity index (χ4v) is 1.53. The van der Waals surface area contributed by atoms with E-state index in [4.69, 9.17) is 5.73 Å². The minimum Gasteiger partial charge on any atom is -0.399 e. The molecule has 0 radical (unpaired) electrons. The molecule has 2 N–H and O–H groups in total. The summed E-state index contributed by atoms with van der Waals surface area (Å²) >= 11 is 0. The van der Waals surface area contributed by atoms with E-state index < -0.39 is 0 Å². The van der Waals surface area contributed by atoms with E-state index in [1.807, 2.05) is 18.2 Å². The van der Waals surface area contributed by atoms with Gasteiger partial charge in [0.1, 0.15) is 0 Å². The maximum absolute atomic E-state index is 5.66. The average Bonchev–Trinajstić information content (AvgIpc) is 2.27. The minimum absolute atomic E-state index is 0.508. The molecule has 80 valence electrons. The topological polar surface area (TPSA) is 26.0 Å². The van der Waals surface area contributed by atoms with Crippen molar-refractivity contribution in [3.05, 3.63) is 48.6 Å². The molecule has 1 heteroatoms. The van der Waals surface area contributed by atoms with E-state index in [1.54, 1.807) is 0 Å². The standard InChI is InChI=1S/C14H19N/c1-4-11(3)10-12(5-2)13-6-8-14(15)9-7-13/h4-9,11H,1,10,15H2,2-3H3/b12-5+. The lowest BCUT2D eigenvalue weighted by Crippen LogP contribution is -1.93. The van der Waals surface area contributed by atoms with Gasteiger partial charge in [0.25, 0.3) is 0 Å². The predicted molar refractivity (Wildman–Crippen MR) is 68.5 cm³/mol. The van der Waals surface area contributed by atoms with Gasteiger partial charge in [-0.15, -0.1) is 6.58 Å². The minimum atomic E-state index is 0.508. The lowest BCUT2D eigenvalue weighted by Gasteiger charge is -2.10. The number of hydrogen-bond acceptors (Lipinski definition) is 1. The maximum Gasteiger partial charge on any atom is 0.0314 e. The van der Waals surface area contributed by atoms with E-state index in [0.29, 0.717) is 5.92 Å². The summed E-state index contributed by atoms with van der Waals surface area (Å²) in [6, 6.07) is 8.02. The van der Waals surface area contributed by atoms with Gasteiger partial charge in [0, 0.05) is 5.69 Å². The van der Waals surface area contributed by atoms with Crippen LogP contribution in [0.4, 0.5) is 5.69 Å². The third kappa shape index (κ3) is 3.28. The summed E-state index contributed by atoms with van der Waals surface area (Å²) in [7, 11) is 0. The zero-order chi connectivity index (χ0) is 11.3. The molecule has 0 spiro atoms. The molecule has 0 aliphatic heterocycles. The average molecular weight is 201 g/mol. The molecule has 1 rings (SSSR count). The second-order valence-corrected chi connectivity index (χ2v) is 3.85. The highest BCUT2D eigenvalue weighted by atomic mass is 14.5. The van der Waals surface area contributed by atoms with Crippen LogP contribution in [0, 0.1) is 5.92 Å². The highest BCUT2D eigenvalue weighted by molar-refractivity contribution is 5.66. The molecule has 0 aliphatic rings. The van der Waals surface area contributed by atoms with Crippen molar-refractivity contribution in [1.82, 2.24) is 0 Å². The van der Waals surface area contributed by atoms with Crippen LogP contribution in [0.1, 0.15) is 25.8 Å². The molecular formula is C14H19N. The Labute approximate surface area is 92.3 Å². The quantitative estimate of drug-likeness (QED) is 0.580. The highest BCUT2D eigenvalue weighted by Gasteiger charge is 2.04. The summed E-state index contributed by atoms with van der Waals surface area (Å²) in [6.45, 7) is 8.05. The summed E-state index contributed by atoms with van der Waals surface area (Å²) in [4.78, 5) is 0. The molecule has 15 heavy (non-hydrogen) atoms. The van der Waals surface area contributed by atoms with Crippen LogP contribution in [0.2, 0.25) is 0 Å². The molecule has 0 saturated carbocycles. The monoisotopic (exact) mass is 201 g/mol.